The van der Waals surface area contributed by atoms with Crippen molar-refractivity contribution in [3.63, 3.8) is 0 Å². The van der Waals surface area contributed by atoms with E-state index in [0.29, 0.717) is 6.42 Å². The molecule has 1 aliphatic rings. The number of halogens is 1. The van der Waals surface area contributed by atoms with Crippen LogP contribution in [0.5, 0.6) is 0 Å². The van der Waals surface area contributed by atoms with E-state index < -0.39 is 35.7 Å². The second-order valence-corrected chi connectivity index (χ2v) is 9.16. The lowest BCUT2D eigenvalue weighted by Crippen LogP contribution is -2.24. The van der Waals surface area contributed by atoms with Crippen LogP contribution in [0.15, 0.2) is 30.5 Å². The number of nitrogens with zero attached hydrogens (tertiary/aromatic N) is 1. The third-order valence-electron chi connectivity index (χ3n) is 3.38. The molecule has 0 saturated carbocycles. The van der Waals surface area contributed by atoms with Gasteiger partial charge in [-0.15, -0.1) is 0 Å². The van der Waals surface area contributed by atoms with E-state index in [0.717, 1.165) is 10.9 Å². The first-order chi connectivity index (χ1) is 14.7. The minimum absolute atomic E-state index is 0.203. The average molecular weight is 545 g/mol. The van der Waals surface area contributed by atoms with E-state index in [1.54, 1.807) is 18.3 Å². The molecule has 2 aromatic rings. The van der Waals surface area contributed by atoms with E-state index in [-0.39, 0.29) is 18.7 Å². The standard InChI is InChI=1S/C13H14FNO3.3H3O4P/c14-9-1-2-10-8(5-9)3-4-15(10)13-6-11(17)12(7-16)18-13;3*1-5(2,3)4/h1-5,11-13,16-17H,6-7H2;3*(H3,1,2,3,4)/t11-,12+,13+;;;/m0.../s1. The molecule has 0 amide bonds. The molecule has 0 spiro atoms. The third-order valence-corrected chi connectivity index (χ3v) is 3.38. The maximum absolute atomic E-state index is 13.1. The SMILES string of the molecule is O=P(O)(O)O.O=P(O)(O)O.O=P(O)(O)O.OC[C@H]1O[C@@H](n2ccc3cc(F)ccc32)C[C@@H]1O. The van der Waals surface area contributed by atoms with E-state index in [1.807, 2.05) is 4.57 Å². The summed E-state index contributed by atoms with van der Waals surface area (Å²) in [5.41, 5.74) is 0.854. The summed E-state index contributed by atoms with van der Waals surface area (Å²) in [4.78, 5) is 64.7. The normalized spacial score (nSPS) is 20.7. The molecular weight excluding hydrogens is 522 g/mol. The third kappa shape index (κ3) is 17.1. The lowest BCUT2D eigenvalue weighted by atomic mass is 10.2. The second kappa shape index (κ2) is 13.1. The molecule has 2 heterocycles. The monoisotopic (exact) mass is 545 g/mol. The molecule has 1 aliphatic heterocycles. The Kier molecular flexibility index (Phi) is 12.7. The van der Waals surface area contributed by atoms with E-state index in [1.165, 1.54) is 12.1 Å². The van der Waals surface area contributed by atoms with Gasteiger partial charge in [-0.3, -0.25) is 0 Å². The van der Waals surface area contributed by atoms with Crippen molar-refractivity contribution in [1.82, 2.24) is 4.57 Å². The van der Waals surface area contributed by atoms with Crippen molar-refractivity contribution in [2.45, 2.75) is 24.9 Å². The quantitative estimate of drug-likeness (QED) is 0.194. The van der Waals surface area contributed by atoms with Gasteiger partial charge in [-0.25, -0.2) is 18.1 Å². The first-order valence-corrected chi connectivity index (χ1v) is 12.9. The number of fused-ring (bicyclic) bond motifs is 1. The number of benzene rings is 1. The number of hydrogen-bond acceptors (Lipinski definition) is 6. The van der Waals surface area contributed by atoms with Gasteiger partial charge in [0.05, 0.1) is 18.2 Å². The molecule has 33 heavy (non-hydrogen) atoms. The molecule has 16 nitrogen and oxygen atoms in total. The summed E-state index contributed by atoms with van der Waals surface area (Å²) >= 11 is 0. The van der Waals surface area contributed by atoms with Crippen LogP contribution in [0.3, 0.4) is 0 Å². The summed E-state index contributed by atoms with van der Waals surface area (Å²) in [7, 11) is -13.9. The molecule has 0 aliphatic carbocycles. The molecule has 1 fully saturated rings. The highest BCUT2D eigenvalue weighted by atomic mass is 31.2. The largest absolute Gasteiger partial charge is 0.466 e. The fraction of sp³-hybridized carbons (Fsp3) is 0.385. The number of aromatic nitrogens is 1. The Morgan fingerprint density at radius 3 is 1.76 bits per heavy atom. The minimum Gasteiger partial charge on any atom is -0.394 e. The number of rotatable bonds is 2. The average Bonchev–Trinajstić information content (AvgIpc) is 3.12. The fourth-order valence-corrected chi connectivity index (χ4v) is 2.44. The van der Waals surface area contributed by atoms with Crippen LogP contribution in [0, 0.1) is 5.82 Å². The van der Waals surface area contributed by atoms with Crippen LogP contribution in [-0.2, 0) is 18.4 Å². The Morgan fingerprint density at radius 1 is 0.909 bits per heavy atom. The summed E-state index contributed by atoms with van der Waals surface area (Å²) < 4.78 is 47.2. The molecule has 1 aromatic carbocycles. The zero-order valence-corrected chi connectivity index (χ0v) is 18.9. The molecule has 0 radical (unpaired) electrons. The van der Waals surface area contributed by atoms with Gasteiger partial charge in [0.2, 0.25) is 0 Å². The molecule has 0 bridgehead atoms. The topological polar surface area (TPSA) is 288 Å². The smallest absolute Gasteiger partial charge is 0.394 e. The van der Waals surface area contributed by atoms with Crippen LogP contribution in [0.2, 0.25) is 0 Å². The summed E-state index contributed by atoms with van der Waals surface area (Å²) in [6.45, 7) is -0.203. The van der Waals surface area contributed by atoms with Gasteiger partial charge in [-0.05, 0) is 24.3 Å². The predicted molar refractivity (Wildman–Crippen MR) is 106 cm³/mol. The van der Waals surface area contributed by atoms with Crippen molar-refractivity contribution in [2.75, 3.05) is 6.61 Å². The minimum atomic E-state index is -4.64. The van der Waals surface area contributed by atoms with Crippen LogP contribution < -0.4 is 0 Å². The van der Waals surface area contributed by atoms with Crippen molar-refractivity contribution in [3.05, 3.63) is 36.3 Å². The van der Waals surface area contributed by atoms with Gasteiger partial charge < -0.3 is 63.6 Å². The van der Waals surface area contributed by atoms with Crippen molar-refractivity contribution >= 4 is 34.4 Å². The zero-order valence-electron chi connectivity index (χ0n) is 16.3. The van der Waals surface area contributed by atoms with Gasteiger partial charge in [0.25, 0.3) is 0 Å². The highest BCUT2D eigenvalue weighted by molar-refractivity contribution is 7.45. The maximum Gasteiger partial charge on any atom is 0.466 e. The van der Waals surface area contributed by atoms with Gasteiger partial charge in [0.15, 0.2) is 0 Å². The number of aliphatic hydroxyl groups excluding tert-OH is 2. The zero-order chi connectivity index (χ0) is 26.2. The summed E-state index contributed by atoms with van der Waals surface area (Å²) in [5.74, 6) is -0.277. The van der Waals surface area contributed by atoms with Crippen LogP contribution in [0.25, 0.3) is 10.9 Å². The van der Waals surface area contributed by atoms with Gasteiger partial charge >= 0.3 is 23.5 Å². The number of aliphatic hydroxyl groups is 2. The van der Waals surface area contributed by atoms with Crippen LogP contribution in [0.4, 0.5) is 4.39 Å². The molecule has 0 unspecified atom stereocenters. The highest BCUT2D eigenvalue weighted by Crippen LogP contribution is 2.32. The Bertz CT molecular complexity index is 941. The van der Waals surface area contributed by atoms with Crippen molar-refractivity contribution in [2.24, 2.45) is 0 Å². The van der Waals surface area contributed by atoms with Crippen LogP contribution >= 0.6 is 23.5 Å². The lowest BCUT2D eigenvalue weighted by molar-refractivity contribution is -0.0428. The van der Waals surface area contributed by atoms with Gasteiger partial charge in [-0.2, -0.15) is 0 Å². The fourth-order valence-electron chi connectivity index (χ4n) is 2.44. The van der Waals surface area contributed by atoms with E-state index in [9.17, 15) is 9.50 Å². The molecular formula is C13H23FNO15P3. The summed E-state index contributed by atoms with van der Waals surface area (Å²) in [6, 6.07) is 6.35. The van der Waals surface area contributed by atoms with E-state index >= 15 is 0 Å². The Morgan fingerprint density at radius 2 is 1.36 bits per heavy atom. The molecule has 20 heteroatoms. The van der Waals surface area contributed by atoms with E-state index in [4.69, 9.17) is 67.6 Å². The van der Waals surface area contributed by atoms with E-state index in [2.05, 4.69) is 0 Å². The van der Waals surface area contributed by atoms with Crippen molar-refractivity contribution < 1.29 is 77.1 Å². The van der Waals surface area contributed by atoms with Crippen molar-refractivity contribution in [1.29, 1.82) is 0 Å². The van der Waals surface area contributed by atoms with Crippen LogP contribution in [-0.4, -0.2) is 77.6 Å². The highest BCUT2D eigenvalue weighted by Gasteiger charge is 2.34. The number of ether oxygens (including phenoxy) is 1. The Labute approximate surface area is 184 Å². The Hall–Kier alpha value is -1.10. The maximum atomic E-state index is 13.1. The summed E-state index contributed by atoms with van der Waals surface area (Å²) in [5, 5.41) is 19.6. The predicted octanol–water partition coefficient (Wildman–Crippen LogP) is -1.36. The molecule has 192 valence electrons. The van der Waals surface area contributed by atoms with Crippen molar-refractivity contribution in [3.8, 4) is 0 Å². The second-order valence-electron chi connectivity index (χ2n) is 6.08. The van der Waals surface area contributed by atoms with Gasteiger partial charge in [0.1, 0.15) is 18.1 Å². The summed E-state index contributed by atoms with van der Waals surface area (Å²) in [6.07, 6.45) is 0.694. The van der Waals surface area contributed by atoms with Gasteiger partial charge in [-0.1, -0.05) is 0 Å². The number of phosphoric acid groups is 3. The molecule has 1 saturated heterocycles. The molecule has 1 aromatic heterocycles. The lowest BCUT2D eigenvalue weighted by Gasteiger charge is -2.14. The first-order valence-electron chi connectivity index (χ1n) is 8.24. The Balaban J connectivity index is 0.000000564. The van der Waals surface area contributed by atoms with Crippen LogP contribution in [0.1, 0.15) is 12.6 Å². The first kappa shape index (κ1) is 31.9. The van der Waals surface area contributed by atoms with Gasteiger partial charge in [0, 0.05) is 18.0 Å². The molecule has 3 rings (SSSR count). The molecule has 3 atom stereocenters. The number of hydrogen-bond donors (Lipinski definition) is 11. The molecule has 11 N–H and O–H groups in total.